The number of likely N-dealkylation sites (tertiary alicyclic amines) is 1. The lowest BCUT2D eigenvalue weighted by molar-refractivity contribution is -0.109. The van der Waals surface area contributed by atoms with Crippen LogP contribution >= 0.6 is 11.6 Å². The molecule has 3 aromatic rings. The van der Waals surface area contributed by atoms with Crippen molar-refractivity contribution in [3.63, 3.8) is 0 Å². The van der Waals surface area contributed by atoms with Gasteiger partial charge in [-0.05, 0) is 44.2 Å². The predicted octanol–water partition coefficient (Wildman–Crippen LogP) is 3.65. The van der Waals surface area contributed by atoms with Crippen LogP contribution in [0.4, 0.5) is 0 Å². The number of carbonyl (C=O) groups excluding carboxylic acids is 1. The molecule has 0 bridgehead atoms. The van der Waals surface area contributed by atoms with Gasteiger partial charge in [-0.2, -0.15) is 0 Å². The number of hydrogen-bond donors (Lipinski definition) is 1. The molecule has 1 amide bonds. The molecule has 170 valence electrons. The van der Waals surface area contributed by atoms with Gasteiger partial charge in [-0.1, -0.05) is 23.7 Å². The van der Waals surface area contributed by atoms with E-state index in [9.17, 15) is 4.79 Å². The molecule has 2 aromatic heterocycles. The standard InChI is InChI=1S/C23H28ClN5O3/c24-19-4-1-3-17-18(14-29(21(17)19)13-16-6-11-31-12-7-16)22-26-27-23(32-22)20-5-2-9-28(20)10-8-25-15-30/h1,3-4,14-16,20H,2,5-13H2,(H,25,30)/t20-/m0/s1. The summed E-state index contributed by atoms with van der Waals surface area (Å²) in [6, 6.07) is 6.04. The maximum atomic E-state index is 10.6. The summed E-state index contributed by atoms with van der Waals surface area (Å²) < 4.78 is 14.0. The van der Waals surface area contributed by atoms with Gasteiger partial charge in [0.15, 0.2) is 0 Å². The molecular weight excluding hydrogens is 430 g/mol. The van der Waals surface area contributed by atoms with E-state index in [1.54, 1.807) is 0 Å². The van der Waals surface area contributed by atoms with Crippen LogP contribution in [0.1, 0.15) is 37.6 Å². The van der Waals surface area contributed by atoms with Gasteiger partial charge < -0.3 is 19.0 Å². The summed E-state index contributed by atoms with van der Waals surface area (Å²) >= 11 is 6.62. The van der Waals surface area contributed by atoms with Crippen molar-refractivity contribution in [2.45, 2.75) is 38.3 Å². The molecule has 1 N–H and O–H groups in total. The largest absolute Gasteiger partial charge is 0.419 e. The smallest absolute Gasteiger partial charge is 0.249 e. The maximum absolute atomic E-state index is 10.6. The number of ether oxygens (including phenoxy) is 1. The first-order valence-corrected chi connectivity index (χ1v) is 11.7. The zero-order chi connectivity index (χ0) is 21.9. The fraction of sp³-hybridized carbons (Fsp3) is 0.522. The number of fused-ring (bicyclic) bond motifs is 1. The molecule has 5 rings (SSSR count). The van der Waals surface area contributed by atoms with Crippen LogP contribution in [0.2, 0.25) is 5.02 Å². The fourth-order valence-electron chi connectivity index (χ4n) is 4.95. The minimum absolute atomic E-state index is 0.0869. The lowest BCUT2D eigenvalue weighted by Gasteiger charge is -2.23. The molecule has 2 fully saturated rings. The van der Waals surface area contributed by atoms with E-state index in [2.05, 4.69) is 37.2 Å². The molecule has 8 nitrogen and oxygen atoms in total. The number of para-hydroxylation sites is 1. The number of carbonyl (C=O) groups is 1. The third-order valence-electron chi connectivity index (χ3n) is 6.59. The van der Waals surface area contributed by atoms with Crippen LogP contribution in [0.25, 0.3) is 22.4 Å². The summed E-state index contributed by atoms with van der Waals surface area (Å²) in [6.45, 7) is 4.86. The number of nitrogens with one attached hydrogen (secondary N) is 1. The van der Waals surface area contributed by atoms with Gasteiger partial charge in [0.1, 0.15) is 0 Å². The van der Waals surface area contributed by atoms with Crippen molar-refractivity contribution in [3.8, 4) is 11.5 Å². The van der Waals surface area contributed by atoms with Gasteiger partial charge in [0.25, 0.3) is 0 Å². The van der Waals surface area contributed by atoms with Crippen LogP contribution in [-0.4, -0.2) is 58.9 Å². The molecule has 0 spiro atoms. The van der Waals surface area contributed by atoms with Crippen LogP contribution in [0.5, 0.6) is 0 Å². The molecule has 2 saturated heterocycles. The van der Waals surface area contributed by atoms with Crippen molar-refractivity contribution < 1.29 is 13.9 Å². The van der Waals surface area contributed by atoms with E-state index in [0.29, 0.717) is 24.2 Å². The van der Waals surface area contributed by atoms with E-state index in [4.69, 9.17) is 20.8 Å². The summed E-state index contributed by atoms with van der Waals surface area (Å²) in [5.74, 6) is 1.72. The predicted molar refractivity (Wildman–Crippen MR) is 121 cm³/mol. The minimum Gasteiger partial charge on any atom is -0.419 e. The number of benzene rings is 1. The Labute approximate surface area is 191 Å². The van der Waals surface area contributed by atoms with Gasteiger partial charge >= 0.3 is 0 Å². The molecule has 32 heavy (non-hydrogen) atoms. The summed E-state index contributed by atoms with van der Waals surface area (Å²) in [6.07, 6.45) is 6.99. The highest BCUT2D eigenvalue weighted by Crippen LogP contribution is 2.37. The van der Waals surface area contributed by atoms with Crippen LogP contribution in [-0.2, 0) is 16.1 Å². The summed E-state index contributed by atoms with van der Waals surface area (Å²) in [4.78, 5) is 12.9. The van der Waals surface area contributed by atoms with Crippen LogP contribution < -0.4 is 5.32 Å². The lowest BCUT2D eigenvalue weighted by atomic mass is 10.0. The average Bonchev–Trinajstić information content (AvgIpc) is 3.54. The minimum atomic E-state index is 0.0869. The Kier molecular flexibility index (Phi) is 6.43. The van der Waals surface area contributed by atoms with Gasteiger partial charge in [0, 0.05) is 44.4 Å². The molecule has 0 radical (unpaired) electrons. The third kappa shape index (κ3) is 4.27. The van der Waals surface area contributed by atoms with E-state index in [1.807, 2.05) is 12.1 Å². The average molecular weight is 458 g/mol. The second-order valence-corrected chi connectivity index (χ2v) is 9.01. The second kappa shape index (κ2) is 9.60. The zero-order valence-corrected chi connectivity index (χ0v) is 18.8. The van der Waals surface area contributed by atoms with E-state index in [0.717, 1.165) is 86.4 Å². The number of rotatable bonds is 8. The molecule has 0 aliphatic carbocycles. The maximum Gasteiger partial charge on any atom is 0.249 e. The fourth-order valence-corrected chi connectivity index (χ4v) is 5.24. The monoisotopic (exact) mass is 457 g/mol. The van der Waals surface area contributed by atoms with E-state index in [-0.39, 0.29) is 6.04 Å². The Morgan fingerprint density at radius 2 is 2.09 bits per heavy atom. The third-order valence-corrected chi connectivity index (χ3v) is 6.90. The van der Waals surface area contributed by atoms with Gasteiger partial charge in [0.2, 0.25) is 18.2 Å². The van der Waals surface area contributed by atoms with Crippen molar-refractivity contribution in [3.05, 3.63) is 35.3 Å². The number of hydrogen-bond acceptors (Lipinski definition) is 6. The SMILES string of the molecule is O=CNCCN1CCC[C@H]1c1nnc(-c2cn(CC3CCOCC3)c3c(Cl)cccc23)o1. The van der Waals surface area contributed by atoms with E-state index < -0.39 is 0 Å². The quantitative estimate of drug-likeness (QED) is 0.410. The van der Waals surface area contributed by atoms with Crippen LogP contribution in [0, 0.1) is 5.92 Å². The van der Waals surface area contributed by atoms with Crippen molar-refractivity contribution in [2.24, 2.45) is 5.92 Å². The molecular formula is C23H28ClN5O3. The number of amides is 1. The molecule has 1 atom stereocenters. The van der Waals surface area contributed by atoms with E-state index in [1.165, 1.54) is 0 Å². The Morgan fingerprint density at radius 1 is 1.22 bits per heavy atom. The second-order valence-electron chi connectivity index (χ2n) is 8.60. The lowest BCUT2D eigenvalue weighted by Crippen LogP contribution is -2.31. The Balaban J connectivity index is 1.43. The van der Waals surface area contributed by atoms with Crippen LogP contribution in [0.15, 0.2) is 28.8 Å². The summed E-state index contributed by atoms with van der Waals surface area (Å²) in [5, 5.41) is 13.3. The molecule has 0 saturated carbocycles. The van der Waals surface area contributed by atoms with Crippen molar-refractivity contribution in [1.29, 1.82) is 0 Å². The molecule has 2 aliphatic heterocycles. The number of aromatic nitrogens is 3. The molecule has 1 aromatic carbocycles. The highest BCUT2D eigenvalue weighted by atomic mass is 35.5. The van der Waals surface area contributed by atoms with E-state index >= 15 is 0 Å². The number of nitrogens with zero attached hydrogens (tertiary/aromatic N) is 4. The van der Waals surface area contributed by atoms with Crippen molar-refractivity contribution >= 4 is 28.9 Å². The summed E-state index contributed by atoms with van der Waals surface area (Å²) in [7, 11) is 0. The topological polar surface area (TPSA) is 85.4 Å². The van der Waals surface area contributed by atoms with Crippen molar-refractivity contribution in [2.75, 3.05) is 32.8 Å². The summed E-state index contributed by atoms with van der Waals surface area (Å²) in [5.41, 5.74) is 1.93. The Bertz CT molecular complexity index is 1070. The molecule has 4 heterocycles. The molecule has 0 unspecified atom stereocenters. The van der Waals surface area contributed by atoms with Gasteiger partial charge in [-0.25, -0.2) is 0 Å². The molecule has 2 aliphatic rings. The Morgan fingerprint density at radius 3 is 2.94 bits per heavy atom. The normalized spacial score (nSPS) is 20.2. The van der Waals surface area contributed by atoms with Crippen molar-refractivity contribution in [1.82, 2.24) is 25.0 Å². The zero-order valence-electron chi connectivity index (χ0n) is 18.0. The Hall–Kier alpha value is -2.42. The highest BCUT2D eigenvalue weighted by Gasteiger charge is 2.31. The first-order valence-electron chi connectivity index (χ1n) is 11.3. The van der Waals surface area contributed by atoms with Gasteiger partial charge in [0.05, 0.1) is 22.1 Å². The molecule has 9 heteroatoms. The van der Waals surface area contributed by atoms with Gasteiger partial charge in [-0.3, -0.25) is 9.69 Å². The number of halogens is 1. The first-order chi connectivity index (χ1) is 15.7. The highest BCUT2D eigenvalue weighted by molar-refractivity contribution is 6.35. The first kappa shape index (κ1) is 21.4. The van der Waals surface area contributed by atoms with Crippen LogP contribution in [0.3, 0.4) is 0 Å². The van der Waals surface area contributed by atoms with Gasteiger partial charge in [-0.15, -0.1) is 10.2 Å².